The van der Waals surface area contributed by atoms with E-state index in [4.69, 9.17) is 5.11 Å². The number of aliphatic hydroxyl groups is 1. The summed E-state index contributed by atoms with van der Waals surface area (Å²) < 4.78 is 0. The lowest BCUT2D eigenvalue weighted by atomic mass is 10.1. The van der Waals surface area contributed by atoms with Gasteiger partial charge in [0.05, 0.1) is 5.69 Å². The SMILES string of the molecule is CC(C)CC(=O)Nc1ccccc1C#CCO. The Labute approximate surface area is 102 Å². The number of carbonyl (C=O) groups excluding carboxylic acids is 1. The highest BCUT2D eigenvalue weighted by Crippen LogP contribution is 2.14. The van der Waals surface area contributed by atoms with Gasteiger partial charge in [0, 0.05) is 12.0 Å². The van der Waals surface area contributed by atoms with Crippen LogP contribution in [-0.2, 0) is 4.79 Å². The van der Waals surface area contributed by atoms with Gasteiger partial charge < -0.3 is 10.4 Å². The molecule has 0 saturated heterocycles. The number of anilines is 1. The van der Waals surface area contributed by atoms with Gasteiger partial charge in [-0.15, -0.1) is 0 Å². The summed E-state index contributed by atoms with van der Waals surface area (Å²) in [7, 11) is 0. The Bertz CT molecular complexity index is 441. The first kappa shape index (κ1) is 13.3. The predicted molar refractivity (Wildman–Crippen MR) is 68.5 cm³/mol. The third-order valence-corrected chi connectivity index (χ3v) is 2.10. The van der Waals surface area contributed by atoms with Crippen molar-refractivity contribution in [3.05, 3.63) is 29.8 Å². The van der Waals surface area contributed by atoms with Gasteiger partial charge >= 0.3 is 0 Å². The average Bonchev–Trinajstić information content (AvgIpc) is 2.26. The van der Waals surface area contributed by atoms with E-state index in [-0.39, 0.29) is 12.5 Å². The van der Waals surface area contributed by atoms with Gasteiger partial charge in [0.15, 0.2) is 0 Å². The maximum absolute atomic E-state index is 11.6. The van der Waals surface area contributed by atoms with Gasteiger partial charge in [0.2, 0.25) is 5.91 Å². The summed E-state index contributed by atoms with van der Waals surface area (Å²) in [6.07, 6.45) is 0.488. The molecule has 0 unspecified atom stereocenters. The maximum atomic E-state index is 11.6. The van der Waals surface area contributed by atoms with Crippen molar-refractivity contribution in [1.82, 2.24) is 0 Å². The molecule has 1 aromatic rings. The first-order valence-corrected chi connectivity index (χ1v) is 5.62. The van der Waals surface area contributed by atoms with Gasteiger partial charge in [-0.2, -0.15) is 0 Å². The van der Waals surface area contributed by atoms with Crippen LogP contribution >= 0.6 is 0 Å². The van der Waals surface area contributed by atoms with Crippen LogP contribution in [0.2, 0.25) is 0 Å². The molecule has 0 atom stereocenters. The van der Waals surface area contributed by atoms with Gasteiger partial charge in [-0.1, -0.05) is 37.8 Å². The number of carbonyl (C=O) groups is 1. The van der Waals surface area contributed by atoms with E-state index in [1.165, 1.54) is 0 Å². The summed E-state index contributed by atoms with van der Waals surface area (Å²) in [5, 5.41) is 11.5. The van der Waals surface area contributed by atoms with Crippen molar-refractivity contribution in [2.45, 2.75) is 20.3 Å². The maximum Gasteiger partial charge on any atom is 0.224 e. The molecule has 1 rings (SSSR count). The second-order valence-corrected chi connectivity index (χ2v) is 4.15. The molecule has 0 fully saturated rings. The molecule has 3 heteroatoms. The molecule has 90 valence electrons. The van der Waals surface area contributed by atoms with Crippen LogP contribution in [-0.4, -0.2) is 17.6 Å². The normalized spacial score (nSPS) is 9.65. The quantitative estimate of drug-likeness (QED) is 0.782. The van der Waals surface area contributed by atoms with Crippen LogP contribution in [0.15, 0.2) is 24.3 Å². The van der Waals surface area contributed by atoms with E-state index in [0.29, 0.717) is 18.0 Å². The lowest BCUT2D eigenvalue weighted by Crippen LogP contribution is -2.14. The predicted octanol–water partition coefficient (Wildman–Crippen LogP) is 2.02. The van der Waals surface area contributed by atoms with Gasteiger partial charge in [0.1, 0.15) is 6.61 Å². The largest absolute Gasteiger partial charge is 0.384 e. The molecule has 0 aliphatic heterocycles. The van der Waals surface area contributed by atoms with E-state index < -0.39 is 0 Å². The fourth-order valence-electron chi connectivity index (χ4n) is 1.41. The minimum absolute atomic E-state index is 0.0155. The highest BCUT2D eigenvalue weighted by atomic mass is 16.2. The van der Waals surface area contributed by atoms with Gasteiger partial charge in [0.25, 0.3) is 0 Å². The molecule has 0 aliphatic carbocycles. The zero-order valence-corrected chi connectivity index (χ0v) is 10.2. The molecule has 17 heavy (non-hydrogen) atoms. The van der Waals surface area contributed by atoms with Gasteiger partial charge in [-0.05, 0) is 18.1 Å². The molecule has 1 aromatic carbocycles. The first-order valence-electron chi connectivity index (χ1n) is 5.62. The lowest BCUT2D eigenvalue weighted by molar-refractivity contribution is -0.116. The van der Waals surface area contributed by atoms with Crippen molar-refractivity contribution in [2.75, 3.05) is 11.9 Å². The molecular weight excluding hydrogens is 214 g/mol. The molecule has 0 radical (unpaired) electrons. The molecule has 0 aliphatic rings. The van der Waals surface area contributed by atoms with Crippen LogP contribution in [0.3, 0.4) is 0 Å². The Hall–Kier alpha value is -1.79. The van der Waals surface area contributed by atoms with Crippen LogP contribution in [0.1, 0.15) is 25.8 Å². The van der Waals surface area contributed by atoms with E-state index >= 15 is 0 Å². The average molecular weight is 231 g/mol. The second-order valence-electron chi connectivity index (χ2n) is 4.15. The summed E-state index contributed by atoms with van der Waals surface area (Å²) >= 11 is 0. The van der Waals surface area contributed by atoms with Gasteiger partial charge in [-0.25, -0.2) is 0 Å². The summed E-state index contributed by atoms with van der Waals surface area (Å²) in [4.78, 5) is 11.6. The van der Waals surface area contributed by atoms with Crippen molar-refractivity contribution < 1.29 is 9.90 Å². The van der Waals surface area contributed by atoms with Crippen LogP contribution in [0.25, 0.3) is 0 Å². The molecule has 0 saturated carbocycles. The van der Waals surface area contributed by atoms with Crippen LogP contribution < -0.4 is 5.32 Å². The van der Waals surface area contributed by atoms with Crippen LogP contribution in [0.5, 0.6) is 0 Å². The van der Waals surface area contributed by atoms with E-state index in [1.807, 2.05) is 32.0 Å². The van der Waals surface area contributed by atoms with Crippen molar-refractivity contribution in [1.29, 1.82) is 0 Å². The smallest absolute Gasteiger partial charge is 0.224 e. The number of amides is 1. The third kappa shape index (κ3) is 4.71. The van der Waals surface area contributed by atoms with E-state index in [1.54, 1.807) is 6.07 Å². The Morgan fingerprint density at radius 1 is 1.41 bits per heavy atom. The molecule has 1 amide bonds. The number of hydrogen-bond acceptors (Lipinski definition) is 2. The van der Waals surface area contributed by atoms with Gasteiger partial charge in [-0.3, -0.25) is 4.79 Å². The van der Waals surface area contributed by atoms with E-state index in [2.05, 4.69) is 17.2 Å². The molecular formula is C14H17NO2. The monoisotopic (exact) mass is 231 g/mol. The van der Waals surface area contributed by atoms with Crippen molar-refractivity contribution >= 4 is 11.6 Å². The number of hydrogen-bond donors (Lipinski definition) is 2. The Morgan fingerprint density at radius 2 is 2.12 bits per heavy atom. The van der Waals surface area contributed by atoms with Crippen LogP contribution in [0.4, 0.5) is 5.69 Å². The van der Waals surface area contributed by atoms with Crippen molar-refractivity contribution in [3.8, 4) is 11.8 Å². The Balaban J connectivity index is 2.80. The van der Waals surface area contributed by atoms with Crippen LogP contribution in [0, 0.1) is 17.8 Å². The zero-order chi connectivity index (χ0) is 12.7. The third-order valence-electron chi connectivity index (χ3n) is 2.10. The van der Waals surface area contributed by atoms with Crippen molar-refractivity contribution in [2.24, 2.45) is 5.92 Å². The van der Waals surface area contributed by atoms with E-state index in [9.17, 15) is 4.79 Å². The summed E-state index contributed by atoms with van der Waals surface area (Å²) in [6, 6.07) is 7.31. The Morgan fingerprint density at radius 3 is 2.76 bits per heavy atom. The highest BCUT2D eigenvalue weighted by Gasteiger charge is 2.06. The number of rotatable bonds is 3. The minimum atomic E-state index is -0.186. The number of nitrogens with one attached hydrogen (secondary N) is 1. The molecule has 0 bridgehead atoms. The number of aliphatic hydroxyl groups excluding tert-OH is 1. The molecule has 0 aromatic heterocycles. The standard InChI is InChI=1S/C14H17NO2/c1-11(2)10-14(17)15-13-8-4-3-6-12(13)7-5-9-16/h3-4,6,8,11,16H,9-10H2,1-2H3,(H,15,17). The topological polar surface area (TPSA) is 49.3 Å². The summed E-state index contributed by atoms with van der Waals surface area (Å²) in [6.45, 7) is 3.81. The van der Waals surface area contributed by atoms with Crippen molar-refractivity contribution in [3.63, 3.8) is 0 Å². The fraction of sp³-hybridized carbons (Fsp3) is 0.357. The number of benzene rings is 1. The second kappa shape index (κ2) is 6.72. The first-order chi connectivity index (χ1) is 8.13. The molecule has 0 spiro atoms. The number of para-hydroxylation sites is 1. The van der Waals surface area contributed by atoms with E-state index in [0.717, 1.165) is 5.56 Å². The highest BCUT2D eigenvalue weighted by molar-refractivity contribution is 5.92. The fourth-order valence-corrected chi connectivity index (χ4v) is 1.41. The zero-order valence-electron chi connectivity index (χ0n) is 10.2. The Kier molecular flexibility index (Phi) is 5.25. The molecule has 0 heterocycles. The summed E-state index contributed by atoms with van der Waals surface area (Å²) in [5.74, 6) is 5.69. The molecule has 3 nitrogen and oxygen atoms in total. The summed E-state index contributed by atoms with van der Waals surface area (Å²) in [5.41, 5.74) is 1.41. The minimum Gasteiger partial charge on any atom is -0.384 e. The molecule has 2 N–H and O–H groups in total. The lowest BCUT2D eigenvalue weighted by Gasteiger charge is -2.08.